The normalized spacial score (nSPS) is 20.1. The first kappa shape index (κ1) is 22.4. The Bertz CT molecular complexity index is 555. The summed E-state index contributed by atoms with van der Waals surface area (Å²) >= 11 is 0. The van der Waals surface area contributed by atoms with Gasteiger partial charge in [0.2, 0.25) is 0 Å². The third-order valence-corrected chi connectivity index (χ3v) is 5.76. The lowest BCUT2D eigenvalue weighted by molar-refractivity contribution is 0.0389. The first-order valence-electron chi connectivity index (χ1n) is 10.1. The zero-order valence-corrected chi connectivity index (χ0v) is 18.9. The van der Waals surface area contributed by atoms with E-state index in [1.165, 1.54) is 31.2 Å². The van der Waals surface area contributed by atoms with Crippen molar-refractivity contribution in [2.45, 2.75) is 32.1 Å². The van der Waals surface area contributed by atoms with Gasteiger partial charge in [-0.25, -0.2) is 0 Å². The molecule has 0 radical (unpaired) electrons. The van der Waals surface area contributed by atoms with Gasteiger partial charge in [0.05, 0.1) is 13.2 Å². The van der Waals surface area contributed by atoms with E-state index in [4.69, 9.17) is 4.74 Å². The predicted octanol–water partition coefficient (Wildman–Crippen LogP) is 2.90. The molecular formula is C21H35IN4O. The predicted molar refractivity (Wildman–Crippen MR) is 123 cm³/mol. The van der Waals surface area contributed by atoms with Crippen molar-refractivity contribution in [1.82, 2.24) is 15.5 Å². The topological polar surface area (TPSA) is 48.9 Å². The molecule has 2 aliphatic rings. The molecule has 5 nitrogen and oxygen atoms in total. The summed E-state index contributed by atoms with van der Waals surface area (Å²) in [5.41, 5.74) is 1.81. The van der Waals surface area contributed by atoms with Crippen LogP contribution in [0.1, 0.15) is 31.2 Å². The fraction of sp³-hybridized carbons (Fsp3) is 0.667. The molecule has 27 heavy (non-hydrogen) atoms. The van der Waals surface area contributed by atoms with Crippen molar-refractivity contribution in [3.05, 3.63) is 35.9 Å². The molecule has 152 valence electrons. The van der Waals surface area contributed by atoms with Crippen LogP contribution < -0.4 is 10.6 Å². The zero-order valence-electron chi connectivity index (χ0n) is 16.6. The van der Waals surface area contributed by atoms with E-state index in [0.717, 1.165) is 58.3 Å². The van der Waals surface area contributed by atoms with Crippen molar-refractivity contribution in [2.75, 3.05) is 53.0 Å². The van der Waals surface area contributed by atoms with Gasteiger partial charge >= 0.3 is 0 Å². The molecule has 1 aliphatic carbocycles. The SMILES string of the molecule is CN=C(NCCN1CCOCC1)NCC1(Cc2ccccc2)CCCC1.I. The van der Waals surface area contributed by atoms with E-state index in [1.54, 1.807) is 0 Å². The van der Waals surface area contributed by atoms with E-state index in [-0.39, 0.29) is 24.0 Å². The average molecular weight is 486 g/mol. The van der Waals surface area contributed by atoms with Crippen LogP contribution >= 0.6 is 24.0 Å². The van der Waals surface area contributed by atoms with Gasteiger partial charge < -0.3 is 15.4 Å². The van der Waals surface area contributed by atoms with Crippen molar-refractivity contribution in [1.29, 1.82) is 0 Å². The van der Waals surface area contributed by atoms with E-state index in [2.05, 4.69) is 50.9 Å². The van der Waals surface area contributed by atoms with E-state index < -0.39 is 0 Å². The molecule has 0 amide bonds. The van der Waals surface area contributed by atoms with Gasteiger partial charge in [-0.15, -0.1) is 24.0 Å². The fourth-order valence-electron chi connectivity index (χ4n) is 4.22. The Morgan fingerprint density at radius 1 is 1.11 bits per heavy atom. The first-order chi connectivity index (χ1) is 12.8. The second kappa shape index (κ2) is 11.9. The molecule has 6 heteroatoms. The van der Waals surface area contributed by atoms with Crippen LogP contribution in [0.4, 0.5) is 0 Å². The number of hydrogen-bond acceptors (Lipinski definition) is 3. The molecule has 0 spiro atoms. The van der Waals surface area contributed by atoms with Crippen LogP contribution in [0.3, 0.4) is 0 Å². The molecule has 0 bridgehead atoms. The summed E-state index contributed by atoms with van der Waals surface area (Å²) in [5.74, 6) is 0.928. The van der Waals surface area contributed by atoms with Crippen LogP contribution in [0.2, 0.25) is 0 Å². The van der Waals surface area contributed by atoms with Crippen molar-refractivity contribution in [2.24, 2.45) is 10.4 Å². The van der Waals surface area contributed by atoms with Crippen LogP contribution in [-0.2, 0) is 11.2 Å². The standard InChI is InChI=1S/C21H34N4O.HI/c1-22-20(23-11-12-25-13-15-26-16-14-25)24-18-21(9-5-6-10-21)17-19-7-3-2-4-8-19;/h2-4,7-8H,5-6,9-18H2,1H3,(H2,22,23,24);1H. The summed E-state index contributed by atoms with van der Waals surface area (Å²) in [6, 6.07) is 10.9. The Hall–Kier alpha value is -0.860. The van der Waals surface area contributed by atoms with Gasteiger partial charge in [-0.3, -0.25) is 9.89 Å². The molecule has 1 saturated heterocycles. The summed E-state index contributed by atoms with van der Waals surface area (Å²) in [6.07, 6.45) is 6.46. The number of nitrogens with zero attached hydrogens (tertiary/aromatic N) is 2. The molecule has 1 aromatic carbocycles. The number of guanidine groups is 1. The Labute approximate surface area is 181 Å². The van der Waals surface area contributed by atoms with Gasteiger partial charge in [0, 0.05) is 39.8 Å². The summed E-state index contributed by atoms with van der Waals surface area (Å²) in [6.45, 7) is 6.75. The molecule has 1 aliphatic heterocycles. The summed E-state index contributed by atoms with van der Waals surface area (Å²) in [5, 5.41) is 7.08. The van der Waals surface area contributed by atoms with Gasteiger partial charge in [0.1, 0.15) is 0 Å². The number of ether oxygens (including phenoxy) is 1. The van der Waals surface area contributed by atoms with Gasteiger partial charge in [-0.1, -0.05) is 43.2 Å². The molecule has 1 saturated carbocycles. The van der Waals surface area contributed by atoms with Crippen LogP contribution in [-0.4, -0.2) is 63.8 Å². The van der Waals surface area contributed by atoms with Gasteiger partial charge in [0.25, 0.3) is 0 Å². The lowest BCUT2D eigenvalue weighted by Gasteiger charge is -2.31. The lowest BCUT2D eigenvalue weighted by atomic mass is 9.80. The Kier molecular flexibility index (Phi) is 9.86. The number of nitrogens with one attached hydrogen (secondary N) is 2. The maximum atomic E-state index is 5.41. The highest BCUT2D eigenvalue weighted by Gasteiger charge is 2.34. The Morgan fingerprint density at radius 2 is 1.81 bits per heavy atom. The van der Waals surface area contributed by atoms with E-state index in [1.807, 2.05) is 7.05 Å². The monoisotopic (exact) mass is 486 g/mol. The van der Waals surface area contributed by atoms with Gasteiger partial charge in [-0.05, 0) is 30.2 Å². The van der Waals surface area contributed by atoms with E-state index in [9.17, 15) is 0 Å². The Morgan fingerprint density at radius 3 is 2.48 bits per heavy atom. The number of morpholine rings is 1. The number of hydrogen-bond donors (Lipinski definition) is 2. The highest BCUT2D eigenvalue weighted by Crippen LogP contribution is 2.40. The lowest BCUT2D eigenvalue weighted by Crippen LogP contribution is -2.47. The minimum atomic E-state index is 0. The molecule has 0 unspecified atom stereocenters. The van der Waals surface area contributed by atoms with E-state index in [0.29, 0.717) is 5.41 Å². The van der Waals surface area contributed by atoms with Crippen LogP contribution in [0.5, 0.6) is 0 Å². The highest BCUT2D eigenvalue weighted by molar-refractivity contribution is 14.0. The summed E-state index contributed by atoms with van der Waals surface area (Å²) in [4.78, 5) is 6.86. The molecular weight excluding hydrogens is 451 g/mol. The molecule has 1 aromatic rings. The summed E-state index contributed by atoms with van der Waals surface area (Å²) < 4.78 is 5.41. The minimum absolute atomic E-state index is 0. The van der Waals surface area contributed by atoms with Crippen LogP contribution in [0.15, 0.2) is 35.3 Å². The second-order valence-electron chi connectivity index (χ2n) is 7.68. The number of rotatable bonds is 7. The quantitative estimate of drug-likeness (QED) is 0.354. The number of aliphatic imine (C=N–C) groups is 1. The first-order valence-corrected chi connectivity index (χ1v) is 10.1. The summed E-state index contributed by atoms with van der Waals surface area (Å²) in [7, 11) is 1.86. The molecule has 0 aromatic heterocycles. The van der Waals surface area contributed by atoms with Crippen molar-refractivity contribution < 1.29 is 4.74 Å². The van der Waals surface area contributed by atoms with Crippen molar-refractivity contribution in [3.63, 3.8) is 0 Å². The number of benzene rings is 1. The third kappa shape index (κ3) is 7.23. The molecule has 0 atom stereocenters. The number of halogens is 1. The minimum Gasteiger partial charge on any atom is -0.379 e. The van der Waals surface area contributed by atoms with Crippen LogP contribution in [0, 0.1) is 5.41 Å². The fourth-order valence-corrected chi connectivity index (χ4v) is 4.22. The second-order valence-corrected chi connectivity index (χ2v) is 7.68. The highest BCUT2D eigenvalue weighted by atomic mass is 127. The van der Waals surface area contributed by atoms with E-state index >= 15 is 0 Å². The molecule has 2 fully saturated rings. The maximum absolute atomic E-state index is 5.41. The molecule has 3 rings (SSSR count). The molecule has 1 heterocycles. The maximum Gasteiger partial charge on any atom is 0.191 e. The smallest absolute Gasteiger partial charge is 0.191 e. The van der Waals surface area contributed by atoms with Crippen molar-refractivity contribution >= 4 is 29.9 Å². The Balaban J connectivity index is 0.00000261. The van der Waals surface area contributed by atoms with Crippen molar-refractivity contribution in [3.8, 4) is 0 Å². The van der Waals surface area contributed by atoms with Gasteiger partial charge in [-0.2, -0.15) is 0 Å². The average Bonchev–Trinajstić information content (AvgIpc) is 3.15. The van der Waals surface area contributed by atoms with Crippen LogP contribution in [0.25, 0.3) is 0 Å². The third-order valence-electron chi connectivity index (χ3n) is 5.76. The van der Waals surface area contributed by atoms with Gasteiger partial charge in [0.15, 0.2) is 5.96 Å². The molecule has 2 N–H and O–H groups in total. The zero-order chi connectivity index (χ0) is 18.1. The largest absolute Gasteiger partial charge is 0.379 e.